The van der Waals surface area contributed by atoms with Gasteiger partial charge in [-0.15, -0.1) is 0 Å². The van der Waals surface area contributed by atoms with E-state index in [4.69, 9.17) is 37.7 Å². The van der Waals surface area contributed by atoms with E-state index in [-0.39, 0.29) is 24.6 Å². The molecule has 0 spiro atoms. The fraction of sp³-hybridized carbons (Fsp3) is 0.300. The second kappa shape index (κ2) is 11.8. The Balaban J connectivity index is 1.72. The first-order valence-electron chi connectivity index (χ1n) is 13.0. The van der Waals surface area contributed by atoms with Crippen LogP contribution in [0, 0.1) is 0 Å². The van der Waals surface area contributed by atoms with Crippen LogP contribution in [0.25, 0.3) is 0 Å². The zero-order valence-corrected chi connectivity index (χ0v) is 23.9. The van der Waals surface area contributed by atoms with Crippen LogP contribution in [0.4, 0.5) is 4.79 Å². The first-order valence-corrected chi connectivity index (χ1v) is 13.8. The lowest BCUT2D eigenvalue weighted by atomic mass is 9.93. The van der Waals surface area contributed by atoms with Gasteiger partial charge in [0.1, 0.15) is 29.9 Å². The molecule has 0 aliphatic carbocycles. The van der Waals surface area contributed by atoms with Crippen molar-refractivity contribution in [2.45, 2.75) is 32.0 Å². The van der Waals surface area contributed by atoms with E-state index in [0.29, 0.717) is 46.0 Å². The Labute approximate surface area is 243 Å². The maximum Gasteiger partial charge on any atom is 0.326 e. The molecule has 0 saturated carbocycles. The summed E-state index contributed by atoms with van der Waals surface area (Å²) >= 11 is 12.7. The first kappa shape index (κ1) is 27.8. The van der Waals surface area contributed by atoms with E-state index < -0.39 is 12.1 Å². The highest BCUT2D eigenvalue weighted by Gasteiger charge is 2.45. The Morgan fingerprint density at radius 1 is 1.02 bits per heavy atom. The van der Waals surface area contributed by atoms with Crippen molar-refractivity contribution in [3.8, 4) is 11.5 Å². The first-order chi connectivity index (χ1) is 19.2. The number of amides is 3. The van der Waals surface area contributed by atoms with Crippen molar-refractivity contribution in [1.82, 2.24) is 15.1 Å². The smallest absolute Gasteiger partial charge is 0.326 e. The van der Waals surface area contributed by atoms with E-state index in [2.05, 4.69) is 5.32 Å². The number of hydrogen-bond acceptors (Lipinski definition) is 5. The average molecular weight is 582 g/mol. The van der Waals surface area contributed by atoms with Gasteiger partial charge in [-0.2, -0.15) is 0 Å². The van der Waals surface area contributed by atoms with E-state index in [1.807, 2.05) is 56.3 Å². The summed E-state index contributed by atoms with van der Waals surface area (Å²) in [4.78, 5) is 35.0. The number of amidine groups is 1. The predicted molar refractivity (Wildman–Crippen MR) is 155 cm³/mol. The lowest BCUT2D eigenvalue weighted by Gasteiger charge is -2.36. The molecule has 5 rings (SSSR count). The Morgan fingerprint density at radius 2 is 1.80 bits per heavy atom. The lowest BCUT2D eigenvalue weighted by molar-refractivity contribution is -0.123. The number of carbonyl (C=O) groups is 2. The SMILES string of the molecule is COc1ccc(C2=NC(c3ccc(Cl)cc3)C(c3cccc(Cl)c3)N2C(=O)N2CCNC(=O)C2)c(OC(C)C)c1. The molecule has 2 aliphatic rings. The van der Waals surface area contributed by atoms with Crippen LogP contribution in [-0.4, -0.2) is 60.4 Å². The molecule has 3 amide bonds. The molecule has 3 aromatic carbocycles. The number of aliphatic imine (C=N–C) groups is 1. The minimum Gasteiger partial charge on any atom is -0.497 e. The molecule has 3 aromatic rings. The Kier molecular flexibility index (Phi) is 8.19. The normalized spacial score (nSPS) is 18.9. The lowest BCUT2D eigenvalue weighted by Crippen LogP contribution is -2.55. The summed E-state index contributed by atoms with van der Waals surface area (Å²) in [7, 11) is 1.59. The molecule has 2 heterocycles. The molecule has 2 aliphatic heterocycles. The van der Waals surface area contributed by atoms with E-state index in [1.54, 1.807) is 41.2 Å². The zero-order chi connectivity index (χ0) is 28.4. The van der Waals surface area contributed by atoms with E-state index in [1.165, 1.54) is 0 Å². The predicted octanol–water partition coefficient (Wildman–Crippen LogP) is 5.89. The summed E-state index contributed by atoms with van der Waals surface area (Å²) in [5, 5.41) is 3.93. The molecular weight excluding hydrogens is 551 g/mol. The standard InChI is InChI=1S/C30H30Cl2N4O4/c1-18(2)40-25-16-23(39-3)11-12-24(25)29-34-27(19-7-9-21(31)10-8-19)28(20-5-4-6-22(32)15-20)36(29)30(38)35-14-13-33-26(37)17-35/h4-12,15-16,18,27-28H,13-14,17H2,1-3H3,(H,33,37). The molecule has 8 nitrogen and oxygen atoms in total. The summed E-state index contributed by atoms with van der Waals surface area (Å²) < 4.78 is 11.7. The van der Waals surface area contributed by atoms with Crippen molar-refractivity contribution in [3.05, 3.63) is 93.5 Å². The van der Waals surface area contributed by atoms with Crippen molar-refractivity contribution in [2.75, 3.05) is 26.7 Å². The van der Waals surface area contributed by atoms with Crippen LogP contribution in [0.3, 0.4) is 0 Å². The van der Waals surface area contributed by atoms with Crippen molar-refractivity contribution in [2.24, 2.45) is 4.99 Å². The van der Waals surface area contributed by atoms with E-state index >= 15 is 0 Å². The van der Waals surface area contributed by atoms with Crippen LogP contribution in [-0.2, 0) is 4.79 Å². The van der Waals surface area contributed by atoms with Gasteiger partial charge in [0.2, 0.25) is 5.91 Å². The maximum absolute atomic E-state index is 14.4. The zero-order valence-electron chi connectivity index (χ0n) is 22.4. The summed E-state index contributed by atoms with van der Waals surface area (Å²) in [5.74, 6) is 1.37. The van der Waals surface area contributed by atoms with Gasteiger partial charge in [-0.25, -0.2) is 4.79 Å². The molecule has 1 fully saturated rings. The van der Waals surface area contributed by atoms with Crippen LogP contribution in [0.15, 0.2) is 71.7 Å². The fourth-order valence-electron chi connectivity index (χ4n) is 5.01. The van der Waals surface area contributed by atoms with Crippen LogP contribution < -0.4 is 14.8 Å². The van der Waals surface area contributed by atoms with Crippen LogP contribution >= 0.6 is 23.2 Å². The van der Waals surface area contributed by atoms with Crippen molar-refractivity contribution in [1.29, 1.82) is 0 Å². The van der Waals surface area contributed by atoms with Gasteiger partial charge in [0, 0.05) is 29.2 Å². The molecule has 0 bridgehead atoms. The van der Waals surface area contributed by atoms with Crippen LogP contribution in [0.5, 0.6) is 11.5 Å². The second-order valence-corrected chi connectivity index (χ2v) is 10.8. The van der Waals surface area contributed by atoms with E-state index in [0.717, 1.165) is 11.1 Å². The topological polar surface area (TPSA) is 83.5 Å². The third-order valence-electron chi connectivity index (χ3n) is 6.78. The third kappa shape index (κ3) is 5.74. The quantitative estimate of drug-likeness (QED) is 0.394. The molecule has 2 unspecified atom stereocenters. The van der Waals surface area contributed by atoms with Crippen LogP contribution in [0.1, 0.15) is 42.6 Å². The molecule has 208 valence electrons. The number of benzene rings is 3. The minimum atomic E-state index is -0.554. The number of nitrogens with one attached hydrogen (secondary N) is 1. The molecule has 1 saturated heterocycles. The number of rotatable bonds is 6. The molecular formula is C30H30Cl2N4O4. The molecule has 40 heavy (non-hydrogen) atoms. The fourth-order valence-corrected chi connectivity index (χ4v) is 5.33. The largest absolute Gasteiger partial charge is 0.497 e. The van der Waals surface area contributed by atoms with Gasteiger partial charge < -0.3 is 19.7 Å². The van der Waals surface area contributed by atoms with Gasteiger partial charge in [0.25, 0.3) is 0 Å². The molecule has 0 aromatic heterocycles. The minimum absolute atomic E-state index is 0.0472. The van der Waals surface area contributed by atoms with Crippen molar-refractivity contribution < 1.29 is 19.1 Å². The van der Waals surface area contributed by atoms with Gasteiger partial charge in [-0.3, -0.25) is 14.7 Å². The Hall–Kier alpha value is -3.75. The maximum atomic E-state index is 14.4. The number of hydrogen-bond donors (Lipinski definition) is 1. The van der Waals surface area contributed by atoms with Crippen LogP contribution in [0.2, 0.25) is 10.0 Å². The molecule has 2 atom stereocenters. The third-order valence-corrected chi connectivity index (χ3v) is 7.26. The van der Waals surface area contributed by atoms with E-state index in [9.17, 15) is 9.59 Å². The highest BCUT2D eigenvalue weighted by molar-refractivity contribution is 6.30. The summed E-state index contributed by atoms with van der Waals surface area (Å²) in [5.41, 5.74) is 2.31. The summed E-state index contributed by atoms with van der Waals surface area (Å²) in [6.07, 6.45) is -0.140. The molecule has 0 radical (unpaired) electrons. The highest BCUT2D eigenvalue weighted by Crippen LogP contribution is 2.46. The van der Waals surface area contributed by atoms with Gasteiger partial charge >= 0.3 is 6.03 Å². The number of ether oxygens (including phenoxy) is 2. The summed E-state index contributed by atoms with van der Waals surface area (Å²) in [6, 6.07) is 18.9. The number of methoxy groups -OCH3 is 1. The molecule has 10 heteroatoms. The van der Waals surface area contributed by atoms with Gasteiger partial charge in [-0.05, 0) is 61.4 Å². The average Bonchev–Trinajstić information content (AvgIpc) is 3.33. The van der Waals surface area contributed by atoms with Crippen molar-refractivity contribution >= 4 is 41.0 Å². The van der Waals surface area contributed by atoms with Gasteiger partial charge in [0.15, 0.2) is 0 Å². The number of nitrogens with zero attached hydrogens (tertiary/aromatic N) is 3. The molecule has 1 N–H and O–H groups in total. The summed E-state index contributed by atoms with van der Waals surface area (Å²) in [6.45, 7) is 4.56. The number of urea groups is 1. The number of carbonyl (C=O) groups excluding carboxylic acids is 2. The Morgan fingerprint density at radius 3 is 2.48 bits per heavy atom. The Bertz CT molecular complexity index is 1440. The van der Waals surface area contributed by atoms with Crippen molar-refractivity contribution in [3.63, 3.8) is 0 Å². The second-order valence-electron chi connectivity index (χ2n) is 9.90. The van der Waals surface area contributed by atoms with Gasteiger partial charge in [0.05, 0.1) is 24.8 Å². The highest BCUT2D eigenvalue weighted by atomic mass is 35.5. The number of halogens is 2. The van der Waals surface area contributed by atoms with Gasteiger partial charge in [-0.1, -0.05) is 47.5 Å². The number of piperazine rings is 1. The monoisotopic (exact) mass is 580 g/mol.